The summed E-state index contributed by atoms with van der Waals surface area (Å²) < 4.78 is 15.6. The molecule has 0 aliphatic carbocycles. The van der Waals surface area contributed by atoms with Gasteiger partial charge in [-0.1, -0.05) is 127 Å². The van der Waals surface area contributed by atoms with E-state index in [0.717, 1.165) is 83.2 Å². The lowest BCUT2D eigenvalue weighted by Gasteiger charge is -2.23. The topological polar surface area (TPSA) is 68.0 Å². The van der Waals surface area contributed by atoms with E-state index in [1.165, 1.54) is 21.8 Å². The molecule has 4 heterocycles. The SMILES string of the molecule is c1ccc(C2=NC(c3ccc4c(c3)oc3c(-c5ccc6c(c5)oc5ccc(-n7c8ccccc8c8ccccc87)cc56)cccc34)=NC(c3ccccc3)N2)cc1. The van der Waals surface area contributed by atoms with Crippen molar-refractivity contribution in [2.75, 3.05) is 0 Å². The van der Waals surface area contributed by atoms with Crippen LogP contribution < -0.4 is 5.32 Å². The number of nitrogens with zero attached hydrogens (tertiary/aromatic N) is 3. The zero-order valence-corrected chi connectivity index (χ0v) is 30.6. The minimum Gasteiger partial charge on any atom is -0.456 e. The minimum atomic E-state index is -0.278. The third-order valence-electron chi connectivity index (χ3n) is 11.3. The van der Waals surface area contributed by atoms with Crippen LogP contribution in [0.4, 0.5) is 0 Å². The molecule has 1 N–H and O–H groups in total. The highest BCUT2D eigenvalue weighted by Crippen LogP contribution is 2.40. The third kappa shape index (κ3) is 5.04. The largest absolute Gasteiger partial charge is 0.456 e. The molecule has 0 bridgehead atoms. The number of hydrogen-bond acceptors (Lipinski definition) is 5. The Morgan fingerprint density at radius 3 is 1.89 bits per heavy atom. The number of benzene rings is 8. The quantitative estimate of drug-likeness (QED) is 0.192. The van der Waals surface area contributed by atoms with Gasteiger partial charge in [-0.05, 0) is 65.7 Å². The first-order chi connectivity index (χ1) is 28.2. The Morgan fingerprint density at radius 1 is 0.456 bits per heavy atom. The zero-order chi connectivity index (χ0) is 37.5. The van der Waals surface area contributed by atoms with Crippen LogP contribution in [0.1, 0.15) is 22.9 Å². The van der Waals surface area contributed by atoms with Crippen LogP contribution >= 0.6 is 0 Å². The summed E-state index contributed by atoms with van der Waals surface area (Å²) in [4.78, 5) is 10.1. The lowest BCUT2D eigenvalue weighted by atomic mass is 10.0. The van der Waals surface area contributed by atoms with E-state index in [2.05, 4.69) is 155 Å². The first-order valence-electron chi connectivity index (χ1n) is 19.2. The van der Waals surface area contributed by atoms with Crippen molar-refractivity contribution in [2.45, 2.75) is 6.17 Å². The van der Waals surface area contributed by atoms with Gasteiger partial charge in [0.1, 0.15) is 34.3 Å². The molecule has 6 nitrogen and oxygen atoms in total. The highest BCUT2D eigenvalue weighted by atomic mass is 16.3. The van der Waals surface area contributed by atoms with Gasteiger partial charge in [0.25, 0.3) is 0 Å². The summed E-state index contributed by atoms with van der Waals surface area (Å²) in [6.45, 7) is 0. The van der Waals surface area contributed by atoms with Crippen LogP contribution in [-0.4, -0.2) is 16.2 Å². The summed E-state index contributed by atoms with van der Waals surface area (Å²) in [5.74, 6) is 1.44. The van der Waals surface area contributed by atoms with Crippen molar-refractivity contribution in [3.63, 3.8) is 0 Å². The fraction of sp³-hybridized carbons (Fsp3) is 0.0196. The summed E-state index contributed by atoms with van der Waals surface area (Å²) in [7, 11) is 0. The Balaban J connectivity index is 0.945. The van der Waals surface area contributed by atoms with Crippen LogP contribution in [0.2, 0.25) is 0 Å². The number of hydrogen-bond donors (Lipinski definition) is 1. The summed E-state index contributed by atoms with van der Waals surface area (Å²) >= 11 is 0. The second-order valence-corrected chi connectivity index (χ2v) is 14.6. The molecule has 0 amide bonds. The van der Waals surface area contributed by atoms with Gasteiger partial charge in [0.15, 0.2) is 5.84 Å². The Hall–Kier alpha value is -7.70. The molecule has 1 aliphatic rings. The molecule has 0 fully saturated rings. The molecule has 268 valence electrons. The van der Waals surface area contributed by atoms with E-state index in [1.54, 1.807) is 0 Å². The predicted octanol–water partition coefficient (Wildman–Crippen LogP) is 12.7. The fourth-order valence-electron chi connectivity index (χ4n) is 8.56. The second-order valence-electron chi connectivity index (χ2n) is 14.6. The molecule has 11 aromatic rings. The molecule has 0 saturated carbocycles. The average Bonchev–Trinajstić information content (AvgIpc) is 3.95. The number of amidine groups is 2. The van der Waals surface area contributed by atoms with Crippen LogP contribution in [0.5, 0.6) is 0 Å². The maximum absolute atomic E-state index is 6.74. The third-order valence-corrected chi connectivity index (χ3v) is 11.3. The predicted molar refractivity (Wildman–Crippen MR) is 233 cm³/mol. The zero-order valence-electron chi connectivity index (χ0n) is 30.6. The maximum atomic E-state index is 6.74. The van der Waals surface area contributed by atoms with Crippen LogP contribution in [-0.2, 0) is 0 Å². The molecule has 0 saturated heterocycles. The average molecular weight is 733 g/mol. The molecule has 1 atom stereocenters. The van der Waals surface area contributed by atoms with Crippen molar-refractivity contribution >= 4 is 77.4 Å². The van der Waals surface area contributed by atoms with Crippen molar-refractivity contribution in [3.8, 4) is 16.8 Å². The van der Waals surface area contributed by atoms with E-state index in [9.17, 15) is 0 Å². The van der Waals surface area contributed by atoms with Gasteiger partial charge in [0.05, 0.1) is 11.0 Å². The van der Waals surface area contributed by atoms with Crippen molar-refractivity contribution in [3.05, 3.63) is 199 Å². The van der Waals surface area contributed by atoms with Gasteiger partial charge in [0.2, 0.25) is 0 Å². The molecular formula is C51H32N4O2. The number of furan rings is 2. The minimum absolute atomic E-state index is 0.278. The molecular weight excluding hydrogens is 701 g/mol. The van der Waals surface area contributed by atoms with E-state index in [-0.39, 0.29) is 6.17 Å². The Morgan fingerprint density at radius 2 is 1.11 bits per heavy atom. The number of fused-ring (bicyclic) bond motifs is 9. The first kappa shape index (κ1) is 31.6. The van der Waals surface area contributed by atoms with Crippen molar-refractivity contribution in [2.24, 2.45) is 9.98 Å². The van der Waals surface area contributed by atoms with E-state index in [0.29, 0.717) is 5.84 Å². The number of aliphatic imine (C=N–C) groups is 2. The summed E-state index contributed by atoms with van der Waals surface area (Å²) in [5, 5.41) is 10.3. The van der Waals surface area contributed by atoms with Crippen LogP contribution in [0.25, 0.3) is 82.5 Å². The molecule has 3 aromatic heterocycles. The van der Waals surface area contributed by atoms with Crippen LogP contribution in [0.3, 0.4) is 0 Å². The highest BCUT2D eigenvalue weighted by Gasteiger charge is 2.22. The van der Waals surface area contributed by atoms with Crippen molar-refractivity contribution in [1.29, 1.82) is 0 Å². The van der Waals surface area contributed by atoms with E-state index < -0.39 is 0 Å². The van der Waals surface area contributed by atoms with E-state index >= 15 is 0 Å². The molecule has 0 spiro atoms. The monoisotopic (exact) mass is 732 g/mol. The summed E-state index contributed by atoms with van der Waals surface area (Å²) in [6, 6.07) is 63.2. The maximum Gasteiger partial charge on any atom is 0.159 e. The fourth-order valence-corrected chi connectivity index (χ4v) is 8.56. The van der Waals surface area contributed by atoms with E-state index in [1.807, 2.05) is 36.4 Å². The van der Waals surface area contributed by atoms with Gasteiger partial charge < -0.3 is 18.7 Å². The molecule has 1 aliphatic heterocycles. The van der Waals surface area contributed by atoms with Gasteiger partial charge in [-0.2, -0.15) is 0 Å². The van der Waals surface area contributed by atoms with Gasteiger partial charge in [-0.15, -0.1) is 0 Å². The van der Waals surface area contributed by atoms with Gasteiger partial charge in [0, 0.05) is 54.7 Å². The highest BCUT2D eigenvalue weighted by molar-refractivity contribution is 6.16. The Kier molecular flexibility index (Phi) is 6.89. The Bertz CT molecular complexity index is 3390. The van der Waals surface area contributed by atoms with Crippen molar-refractivity contribution in [1.82, 2.24) is 9.88 Å². The Labute approximate surface area is 326 Å². The smallest absolute Gasteiger partial charge is 0.159 e. The van der Waals surface area contributed by atoms with Crippen LogP contribution in [0.15, 0.2) is 201 Å². The second kappa shape index (κ2) is 12.4. The number of rotatable bonds is 5. The first-order valence-corrected chi connectivity index (χ1v) is 19.2. The molecule has 57 heavy (non-hydrogen) atoms. The summed E-state index contributed by atoms with van der Waals surface area (Å²) in [6.07, 6.45) is -0.278. The number of para-hydroxylation sites is 3. The molecule has 0 radical (unpaired) electrons. The number of aromatic nitrogens is 1. The van der Waals surface area contributed by atoms with Crippen molar-refractivity contribution < 1.29 is 8.83 Å². The normalized spacial score (nSPS) is 14.5. The molecule has 1 unspecified atom stereocenters. The molecule has 8 aromatic carbocycles. The number of nitrogens with one attached hydrogen (secondary N) is 1. The standard InChI is InChI=1S/C51H32N4O2/c1-3-12-31(13-4-1)49-52-50(32-14-5-2-6-15-32)54-51(53-49)34-23-26-39-41-19-11-18-36(48(41)57-47(39)29-34)33-22-25-40-42-30-35(24-27-45(42)56-46(40)28-33)55-43-20-9-7-16-37(43)38-17-8-10-21-44(38)55/h1-30,49H,(H,52,53,54). The van der Waals surface area contributed by atoms with Gasteiger partial charge in [-0.25, -0.2) is 9.98 Å². The molecule has 6 heteroatoms. The summed E-state index contributed by atoms with van der Waals surface area (Å²) in [5.41, 5.74) is 11.8. The lowest BCUT2D eigenvalue weighted by molar-refractivity contribution is 0.667. The van der Waals surface area contributed by atoms with Gasteiger partial charge in [-0.3, -0.25) is 0 Å². The van der Waals surface area contributed by atoms with Crippen LogP contribution in [0, 0.1) is 0 Å². The van der Waals surface area contributed by atoms with E-state index in [4.69, 9.17) is 18.8 Å². The molecule has 12 rings (SSSR count). The van der Waals surface area contributed by atoms with Gasteiger partial charge >= 0.3 is 0 Å². The lowest BCUT2D eigenvalue weighted by Crippen LogP contribution is -2.33.